The molecule has 0 saturated heterocycles. The van der Waals surface area contributed by atoms with Gasteiger partial charge >= 0.3 is 0 Å². The third kappa shape index (κ3) is 1.50. The lowest BCUT2D eigenvalue weighted by Crippen LogP contribution is -2.22. The number of halogens is 1. The first-order valence-electron chi connectivity index (χ1n) is 4.33. The van der Waals surface area contributed by atoms with E-state index in [2.05, 4.69) is 5.32 Å². The number of anilines is 1. The fraction of sp³-hybridized carbons (Fsp3) is 0.300. The van der Waals surface area contributed by atoms with Crippen LogP contribution in [0.25, 0.3) is 0 Å². The number of hydrogen-bond acceptors (Lipinski definition) is 2. The second kappa shape index (κ2) is 3.61. The molecule has 0 fully saturated rings. The zero-order chi connectivity index (χ0) is 10.1. The molecule has 1 aliphatic heterocycles. The lowest BCUT2D eigenvalue weighted by Gasteiger charge is -2.24. The second-order valence-electron chi connectivity index (χ2n) is 3.18. The molecule has 0 aliphatic carbocycles. The molecule has 14 heavy (non-hydrogen) atoms. The van der Waals surface area contributed by atoms with Gasteiger partial charge in [0.15, 0.2) is 0 Å². The van der Waals surface area contributed by atoms with Crippen LogP contribution in [0.1, 0.15) is 17.2 Å². The quantitative estimate of drug-likeness (QED) is 0.773. The SMILES string of the molecule is CSC1CC(=O)Nc2c(F)cccc21. The molecule has 1 amide bonds. The first-order chi connectivity index (χ1) is 6.72. The van der Waals surface area contributed by atoms with E-state index in [1.165, 1.54) is 6.07 Å². The standard InChI is InChI=1S/C10H10FNOS/c1-14-8-5-9(13)12-10-6(8)3-2-4-7(10)11/h2-4,8H,5H2,1H3,(H,12,13). The Kier molecular flexibility index (Phi) is 2.46. The molecule has 1 atom stereocenters. The van der Waals surface area contributed by atoms with Crippen molar-refractivity contribution in [3.05, 3.63) is 29.6 Å². The molecule has 1 aromatic rings. The third-order valence-electron chi connectivity index (χ3n) is 2.31. The fourth-order valence-corrected chi connectivity index (χ4v) is 2.39. The summed E-state index contributed by atoms with van der Waals surface area (Å²) in [6.07, 6.45) is 2.36. The zero-order valence-corrected chi connectivity index (χ0v) is 8.53. The minimum atomic E-state index is -0.352. The highest BCUT2D eigenvalue weighted by molar-refractivity contribution is 7.98. The molecule has 4 heteroatoms. The van der Waals surface area contributed by atoms with Crippen LogP contribution in [0, 0.1) is 5.82 Å². The molecule has 1 aromatic carbocycles. The highest BCUT2D eigenvalue weighted by Gasteiger charge is 2.26. The normalized spacial score (nSPS) is 20.1. The number of carbonyl (C=O) groups excluding carboxylic acids is 1. The Bertz CT molecular complexity index is 380. The molecule has 1 aliphatic rings. The van der Waals surface area contributed by atoms with E-state index in [9.17, 15) is 9.18 Å². The maximum Gasteiger partial charge on any atom is 0.225 e. The summed E-state index contributed by atoms with van der Waals surface area (Å²) in [7, 11) is 0. The van der Waals surface area contributed by atoms with Crippen LogP contribution in [0.3, 0.4) is 0 Å². The summed E-state index contributed by atoms with van der Waals surface area (Å²) in [6.45, 7) is 0. The summed E-state index contributed by atoms with van der Waals surface area (Å²) in [5.41, 5.74) is 1.24. The Morgan fingerprint density at radius 3 is 3.07 bits per heavy atom. The van der Waals surface area contributed by atoms with Gasteiger partial charge in [-0.1, -0.05) is 12.1 Å². The third-order valence-corrected chi connectivity index (χ3v) is 3.30. The van der Waals surface area contributed by atoms with Crippen LogP contribution < -0.4 is 5.32 Å². The molecular weight excluding hydrogens is 201 g/mol. The molecule has 2 rings (SSSR count). The number of para-hydroxylation sites is 1. The van der Waals surface area contributed by atoms with Gasteiger partial charge in [0.25, 0.3) is 0 Å². The van der Waals surface area contributed by atoms with Crippen molar-refractivity contribution < 1.29 is 9.18 Å². The molecule has 1 N–H and O–H groups in total. The van der Waals surface area contributed by atoms with E-state index >= 15 is 0 Å². The van der Waals surface area contributed by atoms with Gasteiger partial charge in [0.05, 0.1) is 5.69 Å². The Morgan fingerprint density at radius 1 is 1.57 bits per heavy atom. The first-order valence-corrected chi connectivity index (χ1v) is 5.62. The molecule has 0 aromatic heterocycles. The second-order valence-corrected chi connectivity index (χ2v) is 4.22. The smallest absolute Gasteiger partial charge is 0.225 e. The fourth-order valence-electron chi connectivity index (χ4n) is 1.62. The van der Waals surface area contributed by atoms with Gasteiger partial charge in [0.2, 0.25) is 5.91 Å². The summed E-state index contributed by atoms with van der Waals surface area (Å²) in [6, 6.07) is 4.90. The van der Waals surface area contributed by atoms with Gasteiger partial charge in [-0.3, -0.25) is 4.79 Å². The number of rotatable bonds is 1. The van der Waals surface area contributed by atoms with Crippen molar-refractivity contribution in [3.8, 4) is 0 Å². The van der Waals surface area contributed by atoms with Crippen molar-refractivity contribution in [2.75, 3.05) is 11.6 Å². The number of thioether (sulfide) groups is 1. The number of hydrogen-bond donors (Lipinski definition) is 1. The number of fused-ring (bicyclic) bond motifs is 1. The topological polar surface area (TPSA) is 29.1 Å². The Hall–Kier alpha value is -1.03. The highest BCUT2D eigenvalue weighted by Crippen LogP contribution is 2.39. The van der Waals surface area contributed by atoms with E-state index in [1.54, 1.807) is 17.8 Å². The van der Waals surface area contributed by atoms with Crippen LogP contribution in [0.5, 0.6) is 0 Å². The van der Waals surface area contributed by atoms with Crippen LogP contribution >= 0.6 is 11.8 Å². The van der Waals surface area contributed by atoms with Crippen LogP contribution in [0.2, 0.25) is 0 Å². The molecule has 74 valence electrons. The van der Waals surface area contributed by atoms with Gasteiger partial charge in [-0.2, -0.15) is 11.8 Å². The van der Waals surface area contributed by atoms with Crippen molar-refractivity contribution in [3.63, 3.8) is 0 Å². The Morgan fingerprint density at radius 2 is 2.36 bits per heavy atom. The van der Waals surface area contributed by atoms with E-state index in [4.69, 9.17) is 0 Å². The molecular formula is C10H10FNOS. The van der Waals surface area contributed by atoms with E-state index in [0.29, 0.717) is 12.1 Å². The largest absolute Gasteiger partial charge is 0.323 e. The van der Waals surface area contributed by atoms with Gasteiger partial charge in [-0.15, -0.1) is 0 Å². The van der Waals surface area contributed by atoms with Crippen molar-refractivity contribution >= 4 is 23.4 Å². The first kappa shape index (κ1) is 9.52. The Balaban J connectivity index is 2.50. The molecule has 0 radical (unpaired) electrons. The highest BCUT2D eigenvalue weighted by atomic mass is 32.2. The van der Waals surface area contributed by atoms with E-state index in [0.717, 1.165) is 5.56 Å². The average Bonchev–Trinajstić information content (AvgIpc) is 2.18. The number of carbonyl (C=O) groups is 1. The van der Waals surface area contributed by atoms with Crippen molar-refractivity contribution in [1.29, 1.82) is 0 Å². The van der Waals surface area contributed by atoms with Crippen LogP contribution in [-0.2, 0) is 4.79 Å². The Labute approximate surface area is 85.9 Å². The van der Waals surface area contributed by atoms with Gasteiger partial charge in [-0.25, -0.2) is 4.39 Å². The van der Waals surface area contributed by atoms with Gasteiger partial charge in [-0.05, 0) is 17.9 Å². The lowest BCUT2D eigenvalue weighted by molar-refractivity contribution is -0.116. The van der Waals surface area contributed by atoms with E-state index in [1.807, 2.05) is 12.3 Å². The molecule has 2 nitrogen and oxygen atoms in total. The van der Waals surface area contributed by atoms with Gasteiger partial charge < -0.3 is 5.32 Å². The van der Waals surface area contributed by atoms with Crippen molar-refractivity contribution in [2.45, 2.75) is 11.7 Å². The summed E-state index contributed by atoms with van der Waals surface area (Å²) >= 11 is 1.57. The molecule has 1 unspecified atom stereocenters. The number of benzene rings is 1. The van der Waals surface area contributed by atoms with Crippen LogP contribution in [0.15, 0.2) is 18.2 Å². The number of nitrogens with one attached hydrogen (secondary N) is 1. The van der Waals surface area contributed by atoms with Crippen LogP contribution in [0.4, 0.5) is 10.1 Å². The van der Waals surface area contributed by atoms with Crippen molar-refractivity contribution in [1.82, 2.24) is 0 Å². The molecule has 1 heterocycles. The molecule has 0 spiro atoms. The summed E-state index contributed by atoms with van der Waals surface area (Å²) < 4.78 is 13.3. The summed E-state index contributed by atoms with van der Waals surface area (Å²) in [5.74, 6) is -0.462. The minimum Gasteiger partial charge on any atom is -0.323 e. The van der Waals surface area contributed by atoms with E-state index < -0.39 is 0 Å². The predicted molar refractivity (Wildman–Crippen MR) is 55.9 cm³/mol. The molecule has 0 saturated carbocycles. The average molecular weight is 211 g/mol. The summed E-state index contributed by atoms with van der Waals surface area (Å²) in [4.78, 5) is 11.3. The summed E-state index contributed by atoms with van der Waals surface area (Å²) in [5, 5.41) is 2.64. The maximum atomic E-state index is 13.3. The predicted octanol–water partition coefficient (Wildman–Crippen LogP) is 2.57. The lowest BCUT2D eigenvalue weighted by atomic mass is 10.0. The van der Waals surface area contributed by atoms with E-state index in [-0.39, 0.29) is 17.0 Å². The van der Waals surface area contributed by atoms with Crippen LogP contribution in [-0.4, -0.2) is 12.2 Å². The minimum absolute atomic E-state index is 0.0782. The van der Waals surface area contributed by atoms with Crippen molar-refractivity contribution in [2.24, 2.45) is 0 Å². The zero-order valence-electron chi connectivity index (χ0n) is 7.71. The maximum absolute atomic E-state index is 13.3. The van der Waals surface area contributed by atoms with Gasteiger partial charge in [0, 0.05) is 11.7 Å². The van der Waals surface area contributed by atoms with Gasteiger partial charge in [0.1, 0.15) is 5.82 Å². The number of amides is 1. The monoisotopic (exact) mass is 211 g/mol. The molecule has 0 bridgehead atoms.